The molecule has 0 saturated carbocycles. The first-order valence-electron chi connectivity index (χ1n) is 15.5. The number of hydrogen-bond donors (Lipinski definition) is 4. The Bertz CT molecular complexity index is 1950. The number of nitrogens with zero attached hydrogens (tertiary/aromatic N) is 2. The van der Waals surface area contributed by atoms with E-state index in [1.165, 1.54) is 18.5 Å². The number of ether oxygens (including phenoxy) is 1. The fourth-order valence-corrected chi connectivity index (χ4v) is 7.92. The summed E-state index contributed by atoms with van der Waals surface area (Å²) in [6.07, 6.45) is 4.22. The first kappa shape index (κ1) is 36.2. The van der Waals surface area contributed by atoms with E-state index in [1.807, 2.05) is 19.9 Å². The number of carbonyl (C=O) groups is 1. The number of carboxylic acid groups (broad SMARTS) is 1. The number of rotatable bonds is 4. The molecule has 0 saturated heterocycles. The molecule has 2 aromatic heterocycles. The SMILES string of the molecule is C=C1Oc2ccnc(c2)/C(NC)=N/C(=N)C(c2cccc(CC(=O)O)c2)CCCC(C)(C)CS(=O)(=O)CC/C1=c1\cc[nH]\c1=C(/F)CF. The first-order valence-corrected chi connectivity index (χ1v) is 17.3. The number of aliphatic imine (C=N–C) groups is 1. The molecule has 1 aromatic carbocycles. The van der Waals surface area contributed by atoms with Crippen molar-refractivity contribution in [3.05, 3.63) is 94.6 Å². The van der Waals surface area contributed by atoms with E-state index in [-0.39, 0.29) is 58.1 Å². The van der Waals surface area contributed by atoms with Gasteiger partial charge in [-0.05, 0) is 47.9 Å². The number of nitrogens with one attached hydrogen (secondary N) is 3. The van der Waals surface area contributed by atoms with E-state index in [4.69, 9.17) is 10.1 Å². The van der Waals surface area contributed by atoms with Crippen LogP contribution in [0.15, 0.2) is 72.2 Å². The maximum atomic E-state index is 14.5. The Kier molecular flexibility index (Phi) is 11.7. The summed E-state index contributed by atoms with van der Waals surface area (Å²) in [6, 6.07) is 11.7. The van der Waals surface area contributed by atoms with Crippen LogP contribution in [0.25, 0.3) is 11.4 Å². The van der Waals surface area contributed by atoms with Crippen LogP contribution in [-0.2, 0) is 21.1 Å². The van der Waals surface area contributed by atoms with Crippen LogP contribution in [-0.4, -0.2) is 66.4 Å². The number of aliphatic carboxylic acids is 1. The third kappa shape index (κ3) is 9.46. The molecule has 1 aliphatic rings. The average molecular weight is 682 g/mol. The quantitative estimate of drug-likeness (QED) is 0.314. The summed E-state index contributed by atoms with van der Waals surface area (Å²) < 4.78 is 61.0. The Labute approximate surface area is 278 Å². The van der Waals surface area contributed by atoms with E-state index in [0.29, 0.717) is 36.1 Å². The molecular formula is C35H41F2N5O5S. The zero-order chi connectivity index (χ0) is 35.1. The third-order valence-electron chi connectivity index (χ3n) is 8.14. The molecule has 256 valence electrons. The van der Waals surface area contributed by atoms with Crippen LogP contribution in [0.4, 0.5) is 8.78 Å². The van der Waals surface area contributed by atoms with Crippen molar-refractivity contribution in [3.63, 3.8) is 0 Å². The highest BCUT2D eigenvalue weighted by Crippen LogP contribution is 2.32. The van der Waals surface area contributed by atoms with Gasteiger partial charge < -0.3 is 20.1 Å². The number of hydrogen-bond acceptors (Lipinski definition) is 7. The highest BCUT2D eigenvalue weighted by Gasteiger charge is 2.28. The Balaban J connectivity index is 1.84. The summed E-state index contributed by atoms with van der Waals surface area (Å²) >= 11 is 0. The molecule has 10 nitrogen and oxygen atoms in total. The lowest BCUT2D eigenvalue weighted by Crippen LogP contribution is -2.30. The van der Waals surface area contributed by atoms with Crippen LogP contribution in [0.3, 0.4) is 0 Å². The van der Waals surface area contributed by atoms with Crippen LogP contribution >= 0.6 is 0 Å². The normalized spacial score (nSPS) is 21.9. The van der Waals surface area contributed by atoms with Crippen molar-refractivity contribution in [3.8, 4) is 5.75 Å². The Hall–Kier alpha value is -4.65. The number of aromatic amines is 1. The van der Waals surface area contributed by atoms with Crippen molar-refractivity contribution in [1.82, 2.24) is 15.3 Å². The van der Waals surface area contributed by atoms with Crippen molar-refractivity contribution in [1.29, 1.82) is 5.41 Å². The van der Waals surface area contributed by atoms with E-state index in [1.54, 1.807) is 37.4 Å². The van der Waals surface area contributed by atoms with Crippen LogP contribution in [0.5, 0.6) is 5.75 Å². The lowest BCUT2D eigenvalue weighted by atomic mass is 9.85. The molecule has 48 heavy (non-hydrogen) atoms. The van der Waals surface area contributed by atoms with Crippen LogP contribution in [0.2, 0.25) is 0 Å². The number of allylic oxidation sites excluding steroid dienone is 1. The van der Waals surface area contributed by atoms with Crippen molar-refractivity contribution < 1.29 is 31.8 Å². The molecular weight excluding hydrogens is 640 g/mol. The first-order chi connectivity index (χ1) is 22.7. The number of halogens is 2. The van der Waals surface area contributed by atoms with Gasteiger partial charge >= 0.3 is 5.97 Å². The molecule has 13 heteroatoms. The van der Waals surface area contributed by atoms with E-state index in [9.17, 15) is 27.1 Å². The molecule has 0 fully saturated rings. The van der Waals surface area contributed by atoms with Gasteiger partial charge in [0, 0.05) is 42.2 Å². The van der Waals surface area contributed by atoms with Gasteiger partial charge in [0.25, 0.3) is 0 Å². The molecule has 0 radical (unpaired) electrons. The minimum Gasteiger partial charge on any atom is -0.481 e. The Morgan fingerprint density at radius 2 is 2.02 bits per heavy atom. The number of amidine groups is 2. The second kappa shape index (κ2) is 15.5. The topological polar surface area (TPSA) is 158 Å². The fourth-order valence-electron chi connectivity index (χ4n) is 5.92. The molecule has 1 unspecified atom stereocenters. The number of benzene rings is 1. The second-order valence-corrected chi connectivity index (χ2v) is 14.7. The van der Waals surface area contributed by atoms with Gasteiger partial charge in [0.2, 0.25) is 0 Å². The van der Waals surface area contributed by atoms with Crippen LogP contribution in [0.1, 0.15) is 62.3 Å². The third-order valence-corrected chi connectivity index (χ3v) is 10.2. The zero-order valence-electron chi connectivity index (χ0n) is 27.3. The lowest BCUT2D eigenvalue weighted by Gasteiger charge is -2.26. The van der Waals surface area contributed by atoms with Gasteiger partial charge in [0.1, 0.15) is 29.7 Å². The maximum Gasteiger partial charge on any atom is 0.307 e. The molecule has 0 aliphatic carbocycles. The zero-order valence-corrected chi connectivity index (χ0v) is 28.1. The molecule has 3 aromatic rings. The highest BCUT2D eigenvalue weighted by molar-refractivity contribution is 7.91. The van der Waals surface area contributed by atoms with Gasteiger partial charge in [-0.15, -0.1) is 0 Å². The summed E-state index contributed by atoms with van der Waals surface area (Å²) in [6.45, 7) is 6.42. The number of H-pyrrole nitrogens is 1. The van der Waals surface area contributed by atoms with Crippen LogP contribution < -0.4 is 20.6 Å². The monoisotopic (exact) mass is 681 g/mol. The number of fused-ring (bicyclic) bond motifs is 2. The molecule has 0 spiro atoms. The predicted octanol–water partition coefficient (Wildman–Crippen LogP) is 4.57. The Morgan fingerprint density at radius 1 is 1.25 bits per heavy atom. The van der Waals surface area contributed by atoms with E-state index >= 15 is 0 Å². The van der Waals surface area contributed by atoms with Gasteiger partial charge in [-0.25, -0.2) is 22.2 Å². The summed E-state index contributed by atoms with van der Waals surface area (Å²) in [5, 5.41) is 21.5. The molecule has 4 N–H and O–H groups in total. The number of sulfone groups is 1. The second-order valence-electron chi connectivity index (χ2n) is 12.5. The average Bonchev–Trinajstić information content (AvgIpc) is 3.50. The maximum absolute atomic E-state index is 14.5. The summed E-state index contributed by atoms with van der Waals surface area (Å²) in [5.41, 5.74) is 1.33. The van der Waals surface area contributed by atoms with E-state index < -0.39 is 39.6 Å². The van der Waals surface area contributed by atoms with Gasteiger partial charge in [0.05, 0.1) is 23.3 Å². The minimum absolute atomic E-state index is 0.0117. The number of alkyl halides is 1. The molecule has 2 bridgehead atoms. The van der Waals surface area contributed by atoms with Crippen molar-refractivity contribution in [2.45, 2.75) is 51.9 Å². The lowest BCUT2D eigenvalue weighted by molar-refractivity contribution is -0.136. The summed E-state index contributed by atoms with van der Waals surface area (Å²) in [4.78, 5) is 23.1. The van der Waals surface area contributed by atoms with Gasteiger partial charge in [0.15, 0.2) is 21.5 Å². The van der Waals surface area contributed by atoms with Gasteiger partial charge in [-0.2, -0.15) is 0 Å². The van der Waals surface area contributed by atoms with Gasteiger partial charge in [-0.3, -0.25) is 15.2 Å². The number of carboxylic acids is 1. The predicted molar refractivity (Wildman–Crippen MR) is 183 cm³/mol. The largest absolute Gasteiger partial charge is 0.481 e. The number of aromatic nitrogens is 2. The summed E-state index contributed by atoms with van der Waals surface area (Å²) in [5.74, 6) is -2.31. The molecule has 4 rings (SSSR count). The van der Waals surface area contributed by atoms with Gasteiger partial charge in [-0.1, -0.05) is 51.1 Å². The van der Waals surface area contributed by atoms with Crippen molar-refractivity contribution >= 4 is 38.9 Å². The summed E-state index contributed by atoms with van der Waals surface area (Å²) in [7, 11) is -2.01. The smallest absolute Gasteiger partial charge is 0.307 e. The molecule has 3 heterocycles. The number of pyridine rings is 1. The molecule has 0 amide bonds. The molecule has 1 aliphatic heterocycles. The van der Waals surface area contributed by atoms with Crippen molar-refractivity contribution in [2.75, 3.05) is 25.2 Å². The highest BCUT2D eigenvalue weighted by atomic mass is 32.2. The van der Waals surface area contributed by atoms with Crippen LogP contribution in [0, 0.1) is 10.8 Å². The Morgan fingerprint density at radius 3 is 2.73 bits per heavy atom. The molecule has 1 atom stereocenters. The fraction of sp³-hybridized carbons (Fsp3) is 0.371. The standard InChI is InChI=1S/C35H41F2N5O5S/c1-22-26(28-11-15-41-32(28)29(37)20-36)12-16-48(45,46)21-35(2,3)13-6-9-27(24-8-5-7-23(17-24)18-31(43)44)33(38)42-34(39-4)30-19-25(47-22)10-14-40-30/h5,7-8,10-11,14-15,17,19,27,41H,1,6,9,12-13,16,18,20-21H2,2-4H3,(H,43,44)(H2,38,39,42)/b28-26-,32-29-. The van der Waals surface area contributed by atoms with E-state index in [0.717, 1.165) is 5.56 Å². The minimum atomic E-state index is -3.65. The van der Waals surface area contributed by atoms with Crippen molar-refractivity contribution in [2.24, 2.45) is 10.4 Å². The van der Waals surface area contributed by atoms with E-state index in [2.05, 4.69) is 26.9 Å².